The summed E-state index contributed by atoms with van der Waals surface area (Å²) in [6, 6.07) is 7.87. The predicted molar refractivity (Wildman–Crippen MR) is 95.9 cm³/mol. The highest BCUT2D eigenvalue weighted by Crippen LogP contribution is 2.22. The van der Waals surface area contributed by atoms with Gasteiger partial charge in [0.1, 0.15) is 5.56 Å². The summed E-state index contributed by atoms with van der Waals surface area (Å²) in [5.74, 6) is -0.205. The van der Waals surface area contributed by atoms with E-state index in [4.69, 9.17) is 0 Å². The van der Waals surface area contributed by atoms with Crippen LogP contribution in [-0.4, -0.2) is 34.6 Å². The SMILES string of the molecule is Cc1cc(C)n2ncc(C(=O)Nc3ccc(N(C)C)cc3C)c2n1. The molecule has 0 fully saturated rings. The average Bonchev–Trinajstić information content (AvgIpc) is 2.93. The van der Waals surface area contributed by atoms with Crippen LogP contribution in [0, 0.1) is 20.8 Å². The van der Waals surface area contributed by atoms with Crippen molar-refractivity contribution >= 4 is 22.9 Å². The van der Waals surface area contributed by atoms with E-state index >= 15 is 0 Å². The molecule has 6 heteroatoms. The van der Waals surface area contributed by atoms with Gasteiger partial charge in [0.25, 0.3) is 5.91 Å². The maximum Gasteiger partial charge on any atom is 0.261 e. The third kappa shape index (κ3) is 2.82. The number of benzene rings is 1. The van der Waals surface area contributed by atoms with E-state index in [-0.39, 0.29) is 5.91 Å². The number of hydrogen-bond acceptors (Lipinski definition) is 4. The second kappa shape index (κ2) is 5.96. The summed E-state index contributed by atoms with van der Waals surface area (Å²) in [6.45, 7) is 5.83. The maximum absolute atomic E-state index is 12.7. The molecule has 0 saturated heterocycles. The van der Waals surface area contributed by atoms with Gasteiger partial charge in [0.2, 0.25) is 0 Å². The molecule has 1 N–H and O–H groups in total. The van der Waals surface area contributed by atoms with Crippen molar-refractivity contribution in [1.82, 2.24) is 14.6 Å². The van der Waals surface area contributed by atoms with Gasteiger partial charge in [-0.2, -0.15) is 5.10 Å². The van der Waals surface area contributed by atoms with E-state index in [0.29, 0.717) is 11.2 Å². The molecule has 2 aromatic heterocycles. The molecular formula is C18H21N5O. The lowest BCUT2D eigenvalue weighted by Crippen LogP contribution is -2.14. The fraction of sp³-hybridized carbons (Fsp3) is 0.278. The maximum atomic E-state index is 12.7. The van der Waals surface area contributed by atoms with Crippen LogP contribution in [0.4, 0.5) is 11.4 Å². The average molecular weight is 323 g/mol. The van der Waals surface area contributed by atoms with Gasteiger partial charge in [-0.15, -0.1) is 0 Å². The van der Waals surface area contributed by atoms with Crippen LogP contribution in [0.2, 0.25) is 0 Å². The largest absolute Gasteiger partial charge is 0.378 e. The van der Waals surface area contributed by atoms with Crippen molar-refractivity contribution in [2.24, 2.45) is 0 Å². The molecule has 3 aromatic rings. The van der Waals surface area contributed by atoms with Crippen molar-refractivity contribution in [1.29, 1.82) is 0 Å². The zero-order valence-electron chi connectivity index (χ0n) is 14.6. The summed E-state index contributed by atoms with van der Waals surface area (Å²) in [7, 11) is 3.98. The standard InChI is InChI=1S/C18H21N5O/c1-11-8-14(22(4)5)6-7-16(11)21-18(24)15-10-19-23-13(3)9-12(2)20-17(15)23/h6-10H,1-5H3,(H,21,24). The lowest BCUT2D eigenvalue weighted by molar-refractivity contribution is 0.102. The Bertz CT molecular complexity index is 927. The van der Waals surface area contributed by atoms with Crippen molar-refractivity contribution in [3.05, 3.63) is 53.0 Å². The minimum Gasteiger partial charge on any atom is -0.378 e. The van der Waals surface area contributed by atoms with Crippen LogP contribution < -0.4 is 10.2 Å². The number of nitrogens with one attached hydrogen (secondary N) is 1. The first-order chi connectivity index (χ1) is 11.4. The van der Waals surface area contributed by atoms with Crippen LogP contribution in [0.15, 0.2) is 30.5 Å². The number of aromatic nitrogens is 3. The lowest BCUT2D eigenvalue weighted by atomic mass is 10.1. The normalized spacial score (nSPS) is 10.9. The number of carbonyl (C=O) groups is 1. The van der Waals surface area contributed by atoms with Gasteiger partial charge in [-0.05, 0) is 50.6 Å². The van der Waals surface area contributed by atoms with E-state index in [0.717, 1.165) is 28.3 Å². The van der Waals surface area contributed by atoms with Gasteiger partial charge in [-0.25, -0.2) is 9.50 Å². The Labute approximate surface area is 141 Å². The minimum absolute atomic E-state index is 0.205. The van der Waals surface area contributed by atoms with Gasteiger partial charge in [-0.3, -0.25) is 4.79 Å². The third-order valence-corrected chi connectivity index (χ3v) is 4.00. The number of carbonyl (C=O) groups excluding carboxylic acids is 1. The Morgan fingerprint density at radius 2 is 1.92 bits per heavy atom. The van der Waals surface area contributed by atoms with Crippen LogP contribution in [0.3, 0.4) is 0 Å². The Morgan fingerprint density at radius 3 is 2.58 bits per heavy atom. The first-order valence-electron chi connectivity index (χ1n) is 7.78. The predicted octanol–water partition coefficient (Wildman–Crippen LogP) is 2.97. The summed E-state index contributed by atoms with van der Waals surface area (Å²) in [4.78, 5) is 19.1. The highest BCUT2D eigenvalue weighted by Gasteiger charge is 2.16. The van der Waals surface area contributed by atoms with Gasteiger partial charge in [0.15, 0.2) is 5.65 Å². The van der Waals surface area contributed by atoms with Crippen molar-refractivity contribution in [2.45, 2.75) is 20.8 Å². The fourth-order valence-electron chi connectivity index (χ4n) is 2.69. The number of amides is 1. The molecular weight excluding hydrogens is 302 g/mol. The molecule has 3 rings (SSSR count). The van der Waals surface area contributed by atoms with Gasteiger partial charge in [-0.1, -0.05) is 0 Å². The molecule has 0 aliphatic rings. The molecule has 0 unspecified atom stereocenters. The summed E-state index contributed by atoms with van der Waals surface area (Å²) in [6.07, 6.45) is 1.56. The zero-order chi connectivity index (χ0) is 17.4. The van der Waals surface area contributed by atoms with Crippen molar-refractivity contribution in [3.63, 3.8) is 0 Å². The van der Waals surface area contributed by atoms with Gasteiger partial charge in [0, 0.05) is 36.9 Å². The molecule has 0 spiro atoms. The second-order valence-electron chi connectivity index (χ2n) is 6.18. The van der Waals surface area contributed by atoms with E-state index < -0.39 is 0 Å². The first-order valence-corrected chi connectivity index (χ1v) is 7.78. The molecule has 1 amide bonds. The van der Waals surface area contributed by atoms with Crippen LogP contribution in [0.5, 0.6) is 0 Å². The van der Waals surface area contributed by atoms with Crippen LogP contribution in [0.1, 0.15) is 27.3 Å². The molecule has 0 bridgehead atoms. The quantitative estimate of drug-likeness (QED) is 0.805. The minimum atomic E-state index is -0.205. The molecule has 1 aromatic carbocycles. The van der Waals surface area contributed by atoms with Gasteiger partial charge in [0.05, 0.1) is 6.20 Å². The lowest BCUT2D eigenvalue weighted by Gasteiger charge is -2.15. The van der Waals surface area contributed by atoms with Crippen LogP contribution in [-0.2, 0) is 0 Å². The smallest absolute Gasteiger partial charge is 0.261 e. The van der Waals surface area contributed by atoms with E-state index in [2.05, 4.69) is 15.4 Å². The Hall–Kier alpha value is -2.89. The molecule has 0 aliphatic carbocycles. The molecule has 2 heterocycles. The number of anilines is 2. The van der Waals surface area contributed by atoms with Gasteiger partial charge < -0.3 is 10.2 Å². The van der Waals surface area contributed by atoms with Crippen molar-refractivity contribution < 1.29 is 4.79 Å². The molecule has 0 radical (unpaired) electrons. The van der Waals surface area contributed by atoms with Gasteiger partial charge >= 0.3 is 0 Å². The first kappa shape index (κ1) is 16.0. The fourth-order valence-corrected chi connectivity index (χ4v) is 2.69. The molecule has 6 nitrogen and oxygen atoms in total. The van der Waals surface area contributed by atoms with E-state index in [9.17, 15) is 4.79 Å². The molecule has 24 heavy (non-hydrogen) atoms. The highest BCUT2D eigenvalue weighted by molar-refractivity contribution is 6.08. The number of rotatable bonds is 3. The van der Waals surface area contributed by atoms with Crippen molar-refractivity contribution in [3.8, 4) is 0 Å². The monoisotopic (exact) mass is 323 g/mol. The Balaban J connectivity index is 1.93. The van der Waals surface area contributed by atoms with E-state index in [1.165, 1.54) is 0 Å². The molecule has 0 aliphatic heterocycles. The summed E-state index contributed by atoms with van der Waals surface area (Å²) < 4.78 is 1.68. The number of nitrogens with zero attached hydrogens (tertiary/aromatic N) is 4. The third-order valence-electron chi connectivity index (χ3n) is 4.00. The summed E-state index contributed by atoms with van der Waals surface area (Å²) >= 11 is 0. The highest BCUT2D eigenvalue weighted by atomic mass is 16.1. The zero-order valence-corrected chi connectivity index (χ0v) is 14.6. The second-order valence-corrected chi connectivity index (χ2v) is 6.18. The van der Waals surface area contributed by atoms with Crippen molar-refractivity contribution in [2.75, 3.05) is 24.3 Å². The van der Waals surface area contributed by atoms with Crippen LogP contribution >= 0.6 is 0 Å². The van der Waals surface area contributed by atoms with E-state index in [1.807, 2.05) is 64.0 Å². The number of hydrogen-bond donors (Lipinski definition) is 1. The number of fused-ring (bicyclic) bond motifs is 1. The molecule has 124 valence electrons. The Morgan fingerprint density at radius 1 is 1.17 bits per heavy atom. The summed E-state index contributed by atoms with van der Waals surface area (Å²) in [5, 5.41) is 7.23. The molecule has 0 saturated carbocycles. The Kier molecular flexibility index (Phi) is 3.97. The number of aryl methyl sites for hydroxylation is 3. The van der Waals surface area contributed by atoms with E-state index in [1.54, 1.807) is 10.7 Å². The molecule has 0 atom stereocenters. The van der Waals surface area contributed by atoms with Crippen LogP contribution in [0.25, 0.3) is 5.65 Å². The summed E-state index contributed by atoms with van der Waals surface area (Å²) in [5.41, 5.74) is 5.74. The topological polar surface area (TPSA) is 62.5 Å².